The highest BCUT2D eigenvalue weighted by Crippen LogP contribution is 2.36. The summed E-state index contributed by atoms with van der Waals surface area (Å²) in [5, 5.41) is 2.78. The first-order valence-corrected chi connectivity index (χ1v) is 10.8. The minimum absolute atomic E-state index is 0.0104. The molecule has 33 heavy (non-hydrogen) atoms. The Morgan fingerprint density at radius 1 is 1.00 bits per heavy atom. The third-order valence-electron chi connectivity index (χ3n) is 5.66. The Kier molecular flexibility index (Phi) is 6.15. The van der Waals surface area contributed by atoms with Gasteiger partial charge in [-0.2, -0.15) is 0 Å². The van der Waals surface area contributed by atoms with Crippen molar-refractivity contribution in [3.8, 4) is 5.75 Å². The van der Waals surface area contributed by atoms with E-state index in [0.717, 1.165) is 4.90 Å². The molecular formula is C24H26N4O5. The van der Waals surface area contributed by atoms with Gasteiger partial charge in [0, 0.05) is 37.8 Å². The number of hydrogen-bond donors (Lipinski definition) is 1. The molecule has 9 nitrogen and oxygen atoms in total. The van der Waals surface area contributed by atoms with Crippen LogP contribution in [0.25, 0.3) is 0 Å². The number of likely N-dealkylation sites (N-methyl/N-ethyl adjacent to an activating group) is 1. The van der Waals surface area contributed by atoms with Crippen LogP contribution in [0.5, 0.6) is 5.75 Å². The topological polar surface area (TPSA) is 99.3 Å². The number of ether oxygens (including phenoxy) is 1. The van der Waals surface area contributed by atoms with Gasteiger partial charge in [-0.1, -0.05) is 12.1 Å². The molecular weight excluding hydrogens is 424 g/mol. The zero-order chi connectivity index (χ0) is 23.7. The number of carbonyl (C=O) groups is 4. The lowest BCUT2D eigenvalue weighted by molar-refractivity contribution is -0.125. The van der Waals surface area contributed by atoms with E-state index in [1.807, 2.05) is 19.0 Å². The molecule has 1 atom stereocenters. The number of rotatable bonds is 7. The fraction of sp³-hybridized carbons (Fsp3) is 0.333. The number of fused-ring (bicyclic) bond motifs is 2. The number of nitrogens with zero attached hydrogens (tertiary/aromatic N) is 3. The number of nitrogens with one attached hydrogen (secondary N) is 1. The highest BCUT2D eigenvalue weighted by atomic mass is 16.5. The van der Waals surface area contributed by atoms with Crippen LogP contribution in [0.1, 0.15) is 34.1 Å². The summed E-state index contributed by atoms with van der Waals surface area (Å²) in [6.45, 7) is 2.91. The number of imide groups is 1. The van der Waals surface area contributed by atoms with Crippen molar-refractivity contribution in [2.24, 2.45) is 0 Å². The Morgan fingerprint density at radius 3 is 2.30 bits per heavy atom. The maximum atomic E-state index is 12.6. The second kappa shape index (κ2) is 9.03. The van der Waals surface area contributed by atoms with E-state index in [-0.39, 0.29) is 36.6 Å². The van der Waals surface area contributed by atoms with Gasteiger partial charge in [-0.05, 0) is 45.3 Å². The van der Waals surface area contributed by atoms with Crippen LogP contribution < -0.4 is 15.0 Å². The standard InChI is InChI=1S/C24H26N4O5/c1-15-22(30)27(13-12-26(2)3)19-9-8-16(14-20(19)33-15)25-21(29)10-11-28-23(31)17-6-4-5-7-18(17)24(28)32/h4-9,14-15H,10-13H2,1-3H3,(H,25,29). The van der Waals surface area contributed by atoms with Gasteiger partial charge in [-0.3, -0.25) is 24.1 Å². The molecule has 1 N–H and O–H groups in total. The van der Waals surface area contributed by atoms with Crippen LogP contribution in [-0.4, -0.2) is 73.3 Å². The fourth-order valence-electron chi connectivity index (χ4n) is 3.90. The number of hydrogen-bond acceptors (Lipinski definition) is 6. The molecule has 1 unspecified atom stereocenters. The van der Waals surface area contributed by atoms with E-state index in [2.05, 4.69) is 5.32 Å². The van der Waals surface area contributed by atoms with Gasteiger partial charge in [-0.15, -0.1) is 0 Å². The van der Waals surface area contributed by atoms with E-state index in [1.165, 1.54) is 0 Å². The SMILES string of the molecule is CC1Oc2cc(NC(=O)CCN3C(=O)c4ccccc4C3=O)ccc2N(CCN(C)C)C1=O. The molecule has 0 bridgehead atoms. The molecule has 0 spiro atoms. The van der Waals surface area contributed by atoms with Crippen molar-refractivity contribution in [3.05, 3.63) is 53.6 Å². The van der Waals surface area contributed by atoms with Gasteiger partial charge in [0.25, 0.3) is 17.7 Å². The van der Waals surface area contributed by atoms with Crippen LogP contribution >= 0.6 is 0 Å². The van der Waals surface area contributed by atoms with Gasteiger partial charge in [0.05, 0.1) is 16.8 Å². The minimum atomic E-state index is -0.626. The largest absolute Gasteiger partial charge is 0.479 e. The molecule has 4 amide bonds. The van der Waals surface area contributed by atoms with Crippen molar-refractivity contribution in [2.75, 3.05) is 43.9 Å². The maximum Gasteiger partial charge on any atom is 0.267 e. The highest BCUT2D eigenvalue weighted by Gasteiger charge is 2.35. The van der Waals surface area contributed by atoms with E-state index in [4.69, 9.17) is 4.74 Å². The summed E-state index contributed by atoms with van der Waals surface area (Å²) in [7, 11) is 3.88. The summed E-state index contributed by atoms with van der Waals surface area (Å²) in [4.78, 5) is 54.7. The molecule has 0 saturated heterocycles. The van der Waals surface area contributed by atoms with Crippen molar-refractivity contribution in [2.45, 2.75) is 19.4 Å². The molecule has 0 fully saturated rings. The van der Waals surface area contributed by atoms with Crippen molar-refractivity contribution in [1.82, 2.24) is 9.80 Å². The van der Waals surface area contributed by atoms with Crippen molar-refractivity contribution in [3.63, 3.8) is 0 Å². The molecule has 9 heteroatoms. The molecule has 172 valence electrons. The Balaban J connectivity index is 1.40. The summed E-state index contributed by atoms with van der Waals surface area (Å²) in [6.07, 6.45) is -0.660. The Bertz CT molecular complexity index is 1090. The number of anilines is 2. The lowest BCUT2D eigenvalue weighted by Crippen LogP contribution is -2.46. The molecule has 0 radical (unpaired) electrons. The fourth-order valence-corrected chi connectivity index (χ4v) is 3.90. The summed E-state index contributed by atoms with van der Waals surface area (Å²) < 4.78 is 5.75. The predicted molar refractivity (Wildman–Crippen MR) is 122 cm³/mol. The van der Waals surface area contributed by atoms with Crippen LogP contribution in [0.4, 0.5) is 11.4 Å². The normalized spacial score (nSPS) is 17.2. The third-order valence-corrected chi connectivity index (χ3v) is 5.66. The van der Waals surface area contributed by atoms with E-state index in [0.29, 0.717) is 41.3 Å². The second-order valence-corrected chi connectivity index (χ2v) is 8.34. The molecule has 0 saturated carbocycles. The van der Waals surface area contributed by atoms with Crippen LogP contribution in [0, 0.1) is 0 Å². The first-order chi connectivity index (χ1) is 15.8. The molecule has 0 aliphatic carbocycles. The minimum Gasteiger partial charge on any atom is -0.479 e. The average Bonchev–Trinajstić information content (AvgIpc) is 3.02. The van der Waals surface area contributed by atoms with Crippen molar-refractivity contribution < 1.29 is 23.9 Å². The molecule has 4 rings (SSSR count). The van der Waals surface area contributed by atoms with Gasteiger partial charge < -0.3 is 19.9 Å². The summed E-state index contributed by atoms with van der Waals surface area (Å²) in [5.41, 5.74) is 1.88. The van der Waals surface area contributed by atoms with Gasteiger partial charge >= 0.3 is 0 Å². The van der Waals surface area contributed by atoms with E-state index in [9.17, 15) is 19.2 Å². The molecule has 2 aliphatic heterocycles. The average molecular weight is 450 g/mol. The van der Waals surface area contributed by atoms with Gasteiger partial charge in [0.2, 0.25) is 5.91 Å². The third kappa shape index (κ3) is 4.45. The van der Waals surface area contributed by atoms with Crippen LogP contribution in [0.15, 0.2) is 42.5 Å². The van der Waals surface area contributed by atoms with Crippen LogP contribution in [0.2, 0.25) is 0 Å². The zero-order valence-electron chi connectivity index (χ0n) is 18.8. The van der Waals surface area contributed by atoms with Gasteiger partial charge in [-0.25, -0.2) is 0 Å². The van der Waals surface area contributed by atoms with Crippen molar-refractivity contribution >= 4 is 35.0 Å². The Morgan fingerprint density at radius 2 is 1.67 bits per heavy atom. The lowest BCUT2D eigenvalue weighted by Gasteiger charge is -2.34. The van der Waals surface area contributed by atoms with Gasteiger partial charge in [0.1, 0.15) is 5.75 Å². The van der Waals surface area contributed by atoms with Crippen LogP contribution in [0.3, 0.4) is 0 Å². The summed E-state index contributed by atoms with van der Waals surface area (Å²) in [6, 6.07) is 11.7. The highest BCUT2D eigenvalue weighted by molar-refractivity contribution is 6.21. The molecule has 2 heterocycles. The smallest absolute Gasteiger partial charge is 0.267 e. The van der Waals surface area contributed by atoms with E-state index < -0.39 is 6.10 Å². The molecule has 0 aromatic heterocycles. The first-order valence-electron chi connectivity index (χ1n) is 10.8. The Hall–Kier alpha value is -3.72. The molecule has 2 aromatic rings. The quantitative estimate of drug-likeness (QED) is 0.648. The lowest BCUT2D eigenvalue weighted by atomic mass is 10.1. The zero-order valence-corrected chi connectivity index (χ0v) is 18.8. The van der Waals surface area contributed by atoms with Crippen molar-refractivity contribution in [1.29, 1.82) is 0 Å². The monoisotopic (exact) mass is 450 g/mol. The second-order valence-electron chi connectivity index (χ2n) is 8.34. The van der Waals surface area contributed by atoms with E-state index in [1.54, 1.807) is 54.3 Å². The Labute approximate surface area is 191 Å². The molecule has 2 aromatic carbocycles. The van der Waals surface area contributed by atoms with E-state index >= 15 is 0 Å². The summed E-state index contributed by atoms with van der Waals surface area (Å²) >= 11 is 0. The van der Waals surface area contributed by atoms with Gasteiger partial charge in [0.15, 0.2) is 6.10 Å². The summed E-state index contributed by atoms with van der Waals surface area (Å²) in [5.74, 6) is -0.707. The number of carbonyl (C=O) groups excluding carboxylic acids is 4. The maximum absolute atomic E-state index is 12.6. The van der Waals surface area contributed by atoms with Crippen LogP contribution in [-0.2, 0) is 9.59 Å². The number of amides is 4. The molecule has 2 aliphatic rings. The first kappa shape index (κ1) is 22.5. The number of benzene rings is 2. The predicted octanol–water partition coefficient (Wildman–Crippen LogP) is 1.99.